The first-order valence-corrected chi connectivity index (χ1v) is 9.66. The average Bonchev–Trinajstić information content (AvgIpc) is 2.71. The molecule has 0 fully saturated rings. The van der Waals surface area contributed by atoms with Crippen LogP contribution in [0.2, 0.25) is 0 Å². The first-order valence-electron chi connectivity index (χ1n) is 9.66. The van der Waals surface area contributed by atoms with E-state index in [0.29, 0.717) is 12.8 Å². The Balaban J connectivity index is 2.21. The summed E-state index contributed by atoms with van der Waals surface area (Å²) in [6, 6.07) is 16.7. The van der Waals surface area contributed by atoms with E-state index in [1.54, 1.807) is 21.0 Å². The number of esters is 1. The van der Waals surface area contributed by atoms with E-state index in [-0.39, 0.29) is 18.5 Å². The van der Waals surface area contributed by atoms with E-state index in [9.17, 15) is 9.59 Å². The van der Waals surface area contributed by atoms with E-state index >= 15 is 0 Å². The van der Waals surface area contributed by atoms with Crippen molar-refractivity contribution in [3.05, 3.63) is 71.3 Å². The summed E-state index contributed by atoms with van der Waals surface area (Å²) in [6.07, 6.45) is 0.982. The number of aryl methyl sites for hydroxylation is 1. The van der Waals surface area contributed by atoms with Crippen LogP contribution in [0.1, 0.15) is 23.6 Å². The summed E-state index contributed by atoms with van der Waals surface area (Å²) in [6.45, 7) is 4.06. The number of carbonyl (C=O) groups is 2. The van der Waals surface area contributed by atoms with Crippen LogP contribution in [-0.2, 0) is 27.2 Å². The van der Waals surface area contributed by atoms with Crippen LogP contribution in [0.25, 0.3) is 0 Å². The molecule has 0 aliphatic heterocycles. The SMILES string of the molecule is CCOC(=O)C(Cc1ccccc1C)N(C)C(=O)[C@H](Cc1ccccc1)NC. The molecule has 0 saturated heterocycles. The van der Waals surface area contributed by atoms with E-state index in [4.69, 9.17) is 4.74 Å². The van der Waals surface area contributed by atoms with Gasteiger partial charge >= 0.3 is 5.97 Å². The number of likely N-dealkylation sites (N-methyl/N-ethyl adjacent to an activating group) is 2. The van der Waals surface area contributed by atoms with Crippen LogP contribution < -0.4 is 5.32 Å². The van der Waals surface area contributed by atoms with Gasteiger partial charge in [0.1, 0.15) is 6.04 Å². The Kier molecular flexibility index (Phi) is 8.20. The number of nitrogens with zero attached hydrogens (tertiary/aromatic N) is 1. The summed E-state index contributed by atoms with van der Waals surface area (Å²) < 4.78 is 5.27. The second-order valence-corrected chi connectivity index (χ2v) is 6.88. The maximum absolute atomic E-state index is 13.2. The molecule has 1 unspecified atom stereocenters. The fraction of sp³-hybridized carbons (Fsp3) is 0.391. The van der Waals surface area contributed by atoms with Crippen molar-refractivity contribution in [2.24, 2.45) is 0 Å². The van der Waals surface area contributed by atoms with Crippen molar-refractivity contribution < 1.29 is 14.3 Å². The summed E-state index contributed by atoms with van der Waals surface area (Å²) in [5.74, 6) is -0.505. The molecule has 2 atom stereocenters. The van der Waals surface area contributed by atoms with Gasteiger partial charge in [-0.2, -0.15) is 0 Å². The zero-order valence-corrected chi connectivity index (χ0v) is 17.1. The van der Waals surface area contributed by atoms with Gasteiger partial charge in [0.2, 0.25) is 5.91 Å². The number of hydrogen-bond donors (Lipinski definition) is 1. The van der Waals surface area contributed by atoms with Crippen LogP contribution >= 0.6 is 0 Å². The van der Waals surface area contributed by atoms with Gasteiger partial charge in [0, 0.05) is 13.5 Å². The van der Waals surface area contributed by atoms with E-state index in [0.717, 1.165) is 16.7 Å². The normalized spacial score (nSPS) is 12.9. The first kappa shape index (κ1) is 21.6. The Labute approximate surface area is 167 Å². The van der Waals surface area contributed by atoms with Crippen molar-refractivity contribution in [3.8, 4) is 0 Å². The van der Waals surface area contributed by atoms with Gasteiger partial charge in [0.15, 0.2) is 0 Å². The number of ether oxygens (including phenoxy) is 1. The Morgan fingerprint density at radius 3 is 2.29 bits per heavy atom. The maximum atomic E-state index is 13.2. The molecule has 0 heterocycles. The van der Waals surface area contributed by atoms with Gasteiger partial charge in [-0.1, -0.05) is 54.6 Å². The summed E-state index contributed by atoms with van der Waals surface area (Å²) >= 11 is 0. The molecule has 5 nitrogen and oxygen atoms in total. The summed E-state index contributed by atoms with van der Waals surface area (Å²) in [5.41, 5.74) is 3.19. The second kappa shape index (κ2) is 10.6. The molecule has 0 saturated carbocycles. The van der Waals surface area contributed by atoms with E-state index in [2.05, 4.69) is 5.32 Å². The second-order valence-electron chi connectivity index (χ2n) is 6.88. The van der Waals surface area contributed by atoms with Gasteiger partial charge in [-0.15, -0.1) is 0 Å². The molecular weight excluding hydrogens is 352 g/mol. The molecule has 0 aromatic heterocycles. The highest BCUT2D eigenvalue weighted by Gasteiger charge is 2.32. The molecular formula is C23H30N2O3. The Bertz CT molecular complexity index is 776. The summed E-state index contributed by atoms with van der Waals surface area (Å²) in [4.78, 5) is 27.3. The molecule has 0 bridgehead atoms. The van der Waals surface area contributed by atoms with Crippen molar-refractivity contribution in [1.29, 1.82) is 0 Å². The quantitative estimate of drug-likeness (QED) is 0.678. The number of carbonyl (C=O) groups excluding carboxylic acids is 2. The molecule has 1 amide bonds. The van der Waals surface area contributed by atoms with Gasteiger partial charge in [0.25, 0.3) is 0 Å². The third kappa shape index (κ3) is 5.67. The van der Waals surface area contributed by atoms with Gasteiger partial charge in [-0.05, 0) is 44.0 Å². The molecule has 5 heteroatoms. The molecule has 28 heavy (non-hydrogen) atoms. The van der Waals surface area contributed by atoms with Crippen LogP contribution in [0.4, 0.5) is 0 Å². The molecule has 0 aliphatic carbocycles. The fourth-order valence-corrected chi connectivity index (χ4v) is 3.23. The number of nitrogens with one attached hydrogen (secondary N) is 1. The molecule has 2 aromatic rings. The molecule has 2 rings (SSSR count). The minimum atomic E-state index is -0.667. The topological polar surface area (TPSA) is 58.6 Å². The number of amides is 1. The van der Waals surface area contributed by atoms with Gasteiger partial charge in [-0.25, -0.2) is 4.79 Å². The summed E-state index contributed by atoms with van der Waals surface area (Å²) in [5, 5.41) is 3.09. The fourth-order valence-electron chi connectivity index (χ4n) is 3.23. The maximum Gasteiger partial charge on any atom is 0.329 e. The highest BCUT2D eigenvalue weighted by Crippen LogP contribution is 2.16. The highest BCUT2D eigenvalue weighted by molar-refractivity contribution is 5.88. The summed E-state index contributed by atoms with van der Waals surface area (Å²) in [7, 11) is 3.44. The lowest BCUT2D eigenvalue weighted by molar-refractivity contribution is -0.154. The van der Waals surface area contributed by atoms with E-state index in [1.807, 2.05) is 61.5 Å². The average molecular weight is 383 g/mol. The van der Waals surface area contributed by atoms with Crippen molar-refractivity contribution >= 4 is 11.9 Å². The predicted molar refractivity (Wildman–Crippen MR) is 111 cm³/mol. The smallest absolute Gasteiger partial charge is 0.329 e. The van der Waals surface area contributed by atoms with Crippen LogP contribution in [0, 0.1) is 6.92 Å². The number of rotatable bonds is 9. The predicted octanol–water partition coefficient (Wildman–Crippen LogP) is 2.76. The zero-order valence-electron chi connectivity index (χ0n) is 17.1. The number of hydrogen-bond acceptors (Lipinski definition) is 4. The van der Waals surface area contributed by atoms with Crippen molar-refractivity contribution in [3.63, 3.8) is 0 Å². The largest absolute Gasteiger partial charge is 0.464 e. The number of benzene rings is 2. The van der Waals surface area contributed by atoms with Gasteiger partial charge in [0.05, 0.1) is 12.6 Å². The molecule has 0 spiro atoms. The van der Waals surface area contributed by atoms with Crippen molar-refractivity contribution in [2.45, 2.75) is 38.8 Å². The minimum absolute atomic E-state index is 0.127. The molecule has 1 N–H and O–H groups in total. The van der Waals surface area contributed by atoms with Gasteiger partial charge < -0.3 is 15.0 Å². The Morgan fingerprint density at radius 2 is 1.68 bits per heavy atom. The van der Waals surface area contributed by atoms with Crippen LogP contribution in [0.5, 0.6) is 0 Å². The molecule has 150 valence electrons. The Morgan fingerprint density at radius 1 is 1.04 bits per heavy atom. The van der Waals surface area contributed by atoms with Crippen LogP contribution in [-0.4, -0.2) is 49.6 Å². The van der Waals surface area contributed by atoms with E-state index in [1.165, 1.54) is 4.90 Å². The first-order chi connectivity index (χ1) is 13.5. The monoisotopic (exact) mass is 382 g/mol. The van der Waals surface area contributed by atoms with E-state index < -0.39 is 12.1 Å². The van der Waals surface area contributed by atoms with Crippen molar-refractivity contribution in [1.82, 2.24) is 10.2 Å². The third-order valence-corrected chi connectivity index (χ3v) is 4.98. The van der Waals surface area contributed by atoms with Crippen molar-refractivity contribution in [2.75, 3.05) is 20.7 Å². The molecule has 0 radical (unpaired) electrons. The molecule has 0 aliphatic rings. The Hall–Kier alpha value is -2.66. The minimum Gasteiger partial charge on any atom is -0.464 e. The lowest BCUT2D eigenvalue weighted by Gasteiger charge is -2.30. The third-order valence-electron chi connectivity index (χ3n) is 4.98. The lowest BCUT2D eigenvalue weighted by atomic mass is 9.99. The van der Waals surface area contributed by atoms with Crippen LogP contribution in [0.3, 0.4) is 0 Å². The molecule has 2 aromatic carbocycles. The van der Waals surface area contributed by atoms with Gasteiger partial charge in [-0.3, -0.25) is 4.79 Å². The lowest BCUT2D eigenvalue weighted by Crippen LogP contribution is -2.52. The van der Waals surface area contributed by atoms with Crippen LogP contribution in [0.15, 0.2) is 54.6 Å². The standard InChI is InChI=1S/C23H30N2O3/c1-5-28-23(27)21(16-19-14-10-9-11-17(19)2)25(4)22(26)20(24-3)15-18-12-7-6-8-13-18/h6-14,20-21,24H,5,15-16H2,1-4H3/t20-,21?/m0/s1. The highest BCUT2D eigenvalue weighted by atomic mass is 16.5. The zero-order chi connectivity index (χ0) is 20.5.